The van der Waals surface area contributed by atoms with E-state index in [0.29, 0.717) is 5.92 Å². The predicted octanol–water partition coefficient (Wildman–Crippen LogP) is 4.30. The highest BCUT2D eigenvalue weighted by Gasteiger charge is 2.24. The molecule has 1 N–H and O–H groups in total. The SMILES string of the molecule is COc1ccc(NC(=O)N2CCC(Cn3c(C)nc4ccccc43)CC2)cc1. The quantitative estimate of drug-likeness (QED) is 0.736. The van der Waals surface area contributed by atoms with Gasteiger partial charge in [0.25, 0.3) is 0 Å². The standard InChI is InChI=1S/C22H26N4O2/c1-16-23-20-5-3-4-6-21(20)26(16)15-17-11-13-25(14-12-17)22(27)24-18-7-9-19(28-2)10-8-18/h3-10,17H,11-15H2,1-2H3,(H,24,27). The Hall–Kier alpha value is -3.02. The Kier molecular flexibility index (Phi) is 5.19. The van der Waals surface area contributed by atoms with Gasteiger partial charge >= 0.3 is 6.03 Å². The average Bonchev–Trinajstić information content (AvgIpc) is 3.04. The Balaban J connectivity index is 1.33. The van der Waals surface area contributed by atoms with E-state index in [1.165, 1.54) is 5.52 Å². The Bertz CT molecular complexity index is 956. The fourth-order valence-corrected chi connectivity index (χ4v) is 3.88. The fourth-order valence-electron chi connectivity index (χ4n) is 3.88. The van der Waals surface area contributed by atoms with Crippen LogP contribution >= 0.6 is 0 Å². The van der Waals surface area contributed by atoms with Crippen LogP contribution in [0.4, 0.5) is 10.5 Å². The molecule has 0 aliphatic carbocycles. The molecule has 6 heteroatoms. The van der Waals surface area contributed by atoms with Gasteiger partial charge < -0.3 is 19.5 Å². The minimum atomic E-state index is -0.0344. The van der Waals surface area contributed by atoms with E-state index in [9.17, 15) is 4.79 Å². The van der Waals surface area contributed by atoms with Gasteiger partial charge in [-0.15, -0.1) is 0 Å². The molecule has 0 bridgehead atoms. The number of methoxy groups -OCH3 is 1. The van der Waals surface area contributed by atoms with Crippen LogP contribution < -0.4 is 10.1 Å². The number of ether oxygens (including phenoxy) is 1. The lowest BCUT2D eigenvalue weighted by molar-refractivity contribution is 0.177. The summed E-state index contributed by atoms with van der Waals surface area (Å²) in [5.41, 5.74) is 3.03. The van der Waals surface area contributed by atoms with E-state index in [1.807, 2.05) is 35.2 Å². The van der Waals surface area contributed by atoms with Gasteiger partial charge in [0, 0.05) is 25.3 Å². The van der Waals surface area contributed by atoms with Crippen molar-refractivity contribution in [1.29, 1.82) is 0 Å². The molecule has 0 saturated carbocycles. The molecule has 6 nitrogen and oxygen atoms in total. The van der Waals surface area contributed by atoms with E-state index in [0.717, 1.165) is 55.3 Å². The average molecular weight is 378 g/mol. The lowest BCUT2D eigenvalue weighted by Crippen LogP contribution is -2.41. The van der Waals surface area contributed by atoms with E-state index in [4.69, 9.17) is 4.74 Å². The summed E-state index contributed by atoms with van der Waals surface area (Å²) in [5, 5.41) is 2.97. The molecule has 0 unspecified atom stereocenters. The molecule has 4 rings (SSSR count). The molecule has 2 amide bonds. The maximum Gasteiger partial charge on any atom is 0.321 e. The van der Waals surface area contributed by atoms with Crippen LogP contribution in [0.25, 0.3) is 11.0 Å². The number of nitrogens with one attached hydrogen (secondary N) is 1. The van der Waals surface area contributed by atoms with E-state index >= 15 is 0 Å². The highest BCUT2D eigenvalue weighted by molar-refractivity contribution is 5.89. The third-order valence-corrected chi connectivity index (χ3v) is 5.53. The number of hydrogen-bond acceptors (Lipinski definition) is 3. The van der Waals surface area contributed by atoms with Crippen LogP contribution in [0.3, 0.4) is 0 Å². The summed E-state index contributed by atoms with van der Waals surface area (Å²) in [6, 6.07) is 15.7. The molecule has 28 heavy (non-hydrogen) atoms. The number of aryl methyl sites for hydroxylation is 1. The number of amides is 2. The van der Waals surface area contributed by atoms with Gasteiger partial charge in [-0.2, -0.15) is 0 Å². The van der Waals surface area contributed by atoms with Gasteiger partial charge in [0.15, 0.2) is 0 Å². The lowest BCUT2D eigenvalue weighted by Gasteiger charge is -2.32. The summed E-state index contributed by atoms with van der Waals surface area (Å²) >= 11 is 0. The zero-order valence-corrected chi connectivity index (χ0v) is 16.4. The summed E-state index contributed by atoms with van der Waals surface area (Å²) in [7, 11) is 1.63. The maximum atomic E-state index is 12.5. The molecule has 2 aromatic carbocycles. The molecule has 1 aliphatic heterocycles. The zero-order valence-electron chi connectivity index (χ0n) is 16.4. The van der Waals surface area contributed by atoms with Crippen LogP contribution in [-0.2, 0) is 6.54 Å². The van der Waals surface area contributed by atoms with Crippen LogP contribution in [0.15, 0.2) is 48.5 Å². The first-order valence-corrected chi connectivity index (χ1v) is 9.76. The number of para-hydroxylation sites is 2. The fraction of sp³-hybridized carbons (Fsp3) is 0.364. The van der Waals surface area contributed by atoms with Crippen molar-refractivity contribution in [2.75, 3.05) is 25.5 Å². The molecule has 3 aromatic rings. The summed E-state index contributed by atoms with van der Waals surface area (Å²) in [6.07, 6.45) is 2.00. The van der Waals surface area contributed by atoms with Crippen LogP contribution in [0.2, 0.25) is 0 Å². The largest absolute Gasteiger partial charge is 0.497 e. The van der Waals surface area contributed by atoms with Gasteiger partial charge in [0.05, 0.1) is 18.1 Å². The summed E-state index contributed by atoms with van der Waals surface area (Å²) < 4.78 is 7.46. The molecule has 2 heterocycles. The predicted molar refractivity (Wildman–Crippen MR) is 111 cm³/mol. The maximum absolute atomic E-state index is 12.5. The number of hydrogen-bond donors (Lipinski definition) is 1. The van der Waals surface area contributed by atoms with E-state index in [-0.39, 0.29) is 6.03 Å². The minimum Gasteiger partial charge on any atom is -0.497 e. The first kappa shape index (κ1) is 18.3. The highest BCUT2D eigenvalue weighted by atomic mass is 16.5. The first-order chi connectivity index (χ1) is 13.6. The van der Waals surface area contributed by atoms with Crippen molar-refractivity contribution in [2.24, 2.45) is 5.92 Å². The number of fused-ring (bicyclic) bond motifs is 1. The number of rotatable bonds is 4. The molecular weight excluding hydrogens is 352 g/mol. The third-order valence-electron chi connectivity index (χ3n) is 5.53. The number of anilines is 1. The normalized spacial score (nSPS) is 15.0. The van der Waals surface area contributed by atoms with E-state index in [1.54, 1.807) is 7.11 Å². The molecule has 1 aliphatic rings. The van der Waals surface area contributed by atoms with E-state index < -0.39 is 0 Å². The Morgan fingerprint density at radius 1 is 1.14 bits per heavy atom. The van der Waals surface area contributed by atoms with Gasteiger partial charge in [-0.3, -0.25) is 0 Å². The first-order valence-electron chi connectivity index (χ1n) is 9.76. The van der Waals surface area contributed by atoms with Crippen LogP contribution in [0.1, 0.15) is 18.7 Å². The number of nitrogens with zero attached hydrogens (tertiary/aromatic N) is 3. The number of carbonyl (C=O) groups is 1. The summed E-state index contributed by atoms with van der Waals surface area (Å²) in [6.45, 7) is 4.58. The zero-order chi connectivity index (χ0) is 19.5. The smallest absolute Gasteiger partial charge is 0.321 e. The highest BCUT2D eigenvalue weighted by Crippen LogP contribution is 2.24. The second-order valence-electron chi connectivity index (χ2n) is 7.35. The van der Waals surface area contributed by atoms with Gasteiger partial charge in [-0.1, -0.05) is 12.1 Å². The van der Waals surface area contributed by atoms with Gasteiger partial charge in [-0.25, -0.2) is 9.78 Å². The number of imidazole rings is 1. The third kappa shape index (κ3) is 3.81. The number of benzene rings is 2. The molecule has 0 atom stereocenters. The monoisotopic (exact) mass is 378 g/mol. The molecule has 1 fully saturated rings. The number of likely N-dealkylation sites (tertiary alicyclic amines) is 1. The molecule has 1 saturated heterocycles. The summed E-state index contributed by atoms with van der Waals surface area (Å²) in [4.78, 5) is 19.1. The Morgan fingerprint density at radius 2 is 1.86 bits per heavy atom. The van der Waals surface area contributed by atoms with Crippen molar-refractivity contribution < 1.29 is 9.53 Å². The second kappa shape index (κ2) is 7.92. The molecule has 0 radical (unpaired) electrons. The van der Waals surface area contributed by atoms with Crippen LogP contribution in [0, 0.1) is 12.8 Å². The van der Waals surface area contributed by atoms with Gasteiger partial charge in [0.1, 0.15) is 11.6 Å². The number of aromatic nitrogens is 2. The second-order valence-corrected chi connectivity index (χ2v) is 7.35. The molecule has 1 aromatic heterocycles. The Labute approximate surface area is 165 Å². The van der Waals surface area contributed by atoms with Crippen molar-refractivity contribution in [3.05, 3.63) is 54.4 Å². The van der Waals surface area contributed by atoms with Crippen molar-refractivity contribution in [3.63, 3.8) is 0 Å². The van der Waals surface area contributed by atoms with Crippen molar-refractivity contribution in [2.45, 2.75) is 26.3 Å². The van der Waals surface area contributed by atoms with Crippen molar-refractivity contribution >= 4 is 22.8 Å². The molecule has 0 spiro atoms. The number of carbonyl (C=O) groups excluding carboxylic acids is 1. The minimum absolute atomic E-state index is 0.0344. The Morgan fingerprint density at radius 3 is 2.57 bits per heavy atom. The number of urea groups is 1. The molecular formula is C22H26N4O2. The van der Waals surface area contributed by atoms with Gasteiger partial charge in [0.2, 0.25) is 0 Å². The summed E-state index contributed by atoms with van der Waals surface area (Å²) in [5.74, 6) is 2.39. The van der Waals surface area contributed by atoms with E-state index in [2.05, 4.69) is 40.0 Å². The lowest BCUT2D eigenvalue weighted by atomic mass is 9.97. The van der Waals surface area contributed by atoms with Gasteiger partial charge in [-0.05, 0) is 62.1 Å². The topological polar surface area (TPSA) is 59.4 Å². The van der Waals surface area contributed by atoms with Crippen molar-refractivity contribution in [3.8, 4) is 5.75 Å². The van der Waals surface area contributed by atoms with Crippen molar-refractivity contribution in [1.82, 2.24) is 14.5 Å². The van der Waals surface area contributed by atoms with Crippen LogP contribution in [-0.4, -0.2) is 40.7 Å². The van der Waals surface area contributed by atoms with Crippen LogP contribution in [0.5, 0.6) is 5.75 Å². The number of piperidine rings is 1. The molecule has 146 valence electrons.